The molecule has 5 nitrogen and oxygen atoms in total. The van der Waals surface area contributed by atoms with Gasteiger partial charge in [-0.15, -0.1) is 0 Å². The second-order valence-corrected chi connectivity index (χ2v) is 10.1. The van der Waals surface area contributed by atoms with Gasteiger partial charge in [-0.1, -0.05) is 23.7 Å². The van der Waals surface area contributed by atoms with Crippen LogP contribution in [-0.2, 0) is 27.2 Å². The number of fused-ring (bicyclic) bond motifs is 3. The summed E-state index contributed by atoms with van der Waals surface area (Å²) in [6.45, 7) is 9.40. The predicted octanol–water partition coefficient (Wildman–Crippen LogP) is 3.40. The van der Waals surface area contributed by atoms with Crippen LogP contribution in [0.25, 0.3) is 0 Å². The van der Waals surface area contributed by atoms with Crippen LogP contribution in [0.1, 0.15) is 57.2 Å². The third-order valence-corrected chi connectivity index (χ3v) is 7.23. The van der Waals surface area contributed by atoms with Crippen molar-refractivity contribution in [1.82, 2.24) is 0 Å². The number of carbonyl (C=O) groups excluding carboxylic acids is 1. The molecule has 0 unspecified atom stereocenters. The molecule has 7 heteroatoms. The molecule has 0 saturated heterocycles. The lowest BCUT2D eigenvalue weighted by molar-refractivity contribution is -0.145. The molecular weight excluding hydrogens is 422 g/mol. The van der Waals surface area contributed by atoms with E-state index in [9.17, 15) is 14.3 Å². The Morgan fingerprint density at radius 1 is 1.18 bits per heavy atom. The van der Waals surface area contributed by atoms with Gasteiger partial charge in [-0.25, -0.2) is 4.39 Å². The van der Waals surface area contributed by atoms with Gasteiger partial charge in [0.25, 0.3) is 0 Å². The van der Waals surface area contributed by atoms with Crippen molar-refractivity contribution in [3.05, 3.63) is 58.9 Å². The Morgan fingerprint density at radius 3 is 2.64 bits per heavy atom. The van der Waals surface area contributed by atoms with E-state index < -0.39 is 11.2 Å². The first kappa shape index (κ1) is 23.8. The molecular formula is C26H32BFO5. The highest BCUT2D eigenvalue weighted by atomic mass is 19.1. The Labute approximate surface area is 195 Å². The van der Waals surface area contributed by atoms with Crippen molar-refractivity contribution < 1.29 is 28.4 Å². The van der Waals surface area contributed by atoms with Gasteiger partial charge >= 0.3 is 13.5 Å². The maximum Gasteiger partial charge on any atom is 0.309 e. The second kappa shape index (κ2) is 8.77. The number of esters is 1. The Morgan fingerprint density at radius 2 is 1.94 bits per heavy atom. The minimum atomic E-state index is -1.01. The molecule has 3 atom stereocenters. The zero-order valence-corrected chi connectivity index (χ0v) is 20.0. The average Bonchev–Trinajstić information content (AvgIpc) is 3.33. The van der Waals surface area contributed by atoms with Gasteiger partial charge in [0.15, 0.2) is 0 Å². The Kier molecular flexibility index (Phi) is 6.31. The molecule has 2 aliphatic carbocycles. The summed E-state index contributed by atoms with van der Waals surface area (Å²) in [7, 11) is 0.257. The number of hydrogen-bond acceptors (Lipinski definition) is 5. The summed E-state index contributed by atoms with van der Waals surface area (Å²) in [5.74, 6) is 0.840. The number of halogens is 1. The molecule has 0 spiro atoms. The largest absolute Gasteiger partial charge is 0.489 e. The number of aliphatic hydroxyl groups is 1. The normalized spacial score (nSPS) is 21.2. The summed E-state index contributed by atoms with van der Waals surface area (Å²) in [5, 5.41) is 10.3. The van der Waals surface area contributed by atoms with E-state index in [1.54, 1.807) is 26.0 Å². The van der Waals surface area contributed by atoms with Gasteiger partial charge < -0.3 is 19.2 Å². The number of ether oxygens (including phenoxy) is 2. The van der Waals surface area contributed by atoms with Gasteiger partial charge in [-0.05, 0) is 76.3 Å². The third-order valence-electron chi connectivity index (χ3n) is 7.23. The summed E-state index contributed by atoms with van der Waals surface area (Å²) in [6.07, 6.45) is 0.846. The summed E-state index contributed by atoms with van der Waals surface area (Å²) >= 11 is 0. The molecule has 0 amide bonds. The van der Waals surface area contributed by atoms with Crippen LogP contribution >= 0.6 is 0 Å². The van der Waals surface area contributed by atoms with Gasteiger partial charge in [-0.3, -0.25) is 4.79 Å². The van der Waals surface area contributed by atoms with Crippen LogP contribution in [0, 0.1) is 17.7 Å². The maximum atomic E-state index is 14.4. The molecule has 4 rings (SSSR count). The van der Waals surface area contributed by atoms with Crippen molar-refractivity contribution in [3.63, 3.8) is 0 Å². The smallest absolute Gasteiger partial charge is 0.309 e. The van der Waals surface area contributed by atoms with E-state index in [4.69, 9.17) is 14.1 Å². The van der Waals surface area contributed by atoms with Crippen LogP contribution < -0.4 is 10.2 Å². The lowest BCUT2D eigenvalue weighted by atomic mass is 9.82. The molecule has 1 fully saturated rings. The highest BCUT2D eigenvalue weighted by Crippen LogP contribution is 2.62. The van der Waals surface area contributed by atoms with Crippen LogP contribution in [0.5, 0.6) is 5.75 Å². The Balaban J connectivity index is 1.37. The van der Waals surface area contributed by atoms with Crippen LogP contribution in [0.2, 0.25) is 0 Å². The summed E-state index contributed by atoms with van der Waals surface area (Å²) in [4.78, 5) is 12.1. The molecule has 0 aromatic heterocycles. The standard InChI is InChI=1S/C26H32BFO5/c1-6-31-24(29)23-20-13-15-12-18(8-9-19(15)22(20)23)32-14-16-11-17(7-10-21(16)28)27-33-26(4,5)25(2,3)30/h7-12,20,22-23,27,30H,6,13-14H2,1-5H3/t20-,22+,23+/m1/s1. The summed E-state index contributed by atoms with van der Waals surface area (Å²) in [5.41, 5.74) is 1.89. The Hall–Kier alpha value is -2.38. The molecule has 1 N–H and O–H groups in total. The van der Waals surface area contributed by atoms with Crippen LogP contribution in [-0.4, -0.2) is 36.4 Å². The minimum Gasteiger partial charge on any atom is -0.489 e. The fourth-order valence-corrected chi connectivity index (χ4v) is 4.47. The highest BCUT2D eigenvalue weighted by Gasteiger charge is 2.60. The average molecular weight is 454 g/mol. The number of hydrogen-bond donors (Lipinski definition) is 1. The van der Waals surface area contributed by atoms with Crippen LogP contribution in [0.4, 0.5) is 4.39 Å². The first-order valence-electron chi connectivity index (χ1n) is 11.6. The fourth-order valence-electron chi connectivity index (χ4n) is 4.47. The summed E-state index contributed by atoms with van der Waals surface area (Å²) < 4.78 is 31.4. The van der Waals surface area contributed by atoms with Crippen LogP contribution in [0.15, 0.2) is 36.4 Å². The first-order chi connectivity index (χ1) is 15.5. The predicted molar refractivity (Wildman–Crippen MR) is 125 cm³/mol. The second-order valence-electron chi connectivity index (χ2n) is 10.1. The van der Waals surface area contributed by atoms with E-state index in [1.807, 2.05) is 39.0 Å². The van der Waals surface area contributed by atoms with Gasteiger partial charge in [0.1, 0.15) is 18.2 Å². The quantitative estimate of drug-likeness (QED) is 0.465. The molecule has 1 saturated carbocycles. The van der Waals surface area contributed by atoms with Gasteiger partial charge in [0.2, 0.25) is 0 Å². The Bertz CT molecular complexity index is 1050. The zero-order chi connectivity index (χ0) is 24.0. The van der Waals surface area contributed by atoms with Crippen molar-refractivity contribution in [1.29, 1.82) is 0 Å². The van der Waals surface area contributed by atoms with Gasteiger partial charge in [-0.2, -0.15) is 0 Å². The van der Waals surface area contributed by atoms with Crippen molar-refractivity contribution in [3.8, 4) is 5.75 Å². The lowest BCUT2D eigenvalue weighted by Crippen LogP contribution is -2.49. The third kappa shape index (κ3) is 4.80. The van der Waals surface area contributed by atoms with Gasteiger partial charge in [0.05, 0.1) is 23.7 Å². The van der Waals surface area contributed by atoms with Crippen molar-refractivity contribution in [2.24, 2.45) is 11.8 Å². The van der Waals surface area contributed by atoms with E-state index in [0.29, 0.717) is 23.8 Å². The number of carbonyl (C=O) groups is 1. The maximum absolute atomic E-state index is 14.4. The SMILES string of the molecule is CCOC(=O)[C@H]1[C@@H]2Cc3cc(OCc4cc(BOC(C)(C)C(C)(C)O)ccc4F)ccc3[C@@H]21. The molecule has 0 radical (unpaired) electrons. The molecule has 0 bridgehead atoms. The molecule has 0 heterocycles. The lowest BCUT2D eigenvalue weighted by Gasteiger charge is -2.37. The van der Waals surface area contributed by atoms with E-state index in [-0.39, 0.29) is 37.7 Å². The fraction of sp³-hybridized carbons (Fsp3) is 0.500. The van der Waals surface area contributed by atoms with E-state index in [0.717, 1.165) is 11.9 Å². The number of benzene rings is 2. The monoisotopic (exact) mass is 454 g/mol. The molecule has 33 heavy (non-hydrogen) atoms. The topological polar surface area (TPSA) is 65.0 Å². The van der Waals surface area contributed by atoms with E-state index in [2.05, 4.69) is 0 Å². The molecule has 176 valence electrons. The molecule has 2 aliphatic rings. The van der Waals surface area contributed by atoms with E-state index in [1.165, 1.54) is 17.2 Å². The number of rotatable bonds is 9. The molecule has 2 aromatic rings. The molecule has 0 aliphatic heterocycles. The van der Waals surface area contributed by atoms with Gasteiger partial charge in [0, 0.05) is 11.5 Å². The zero-order valence-electron chi connectivity index (χ0n) is 20.0. The van der Waals surface area contributed by atoms with Crippen LogP contribution in [0.3, 0.4) is 0 Å². The summed E-state index contributed by atoms with van der Waals surface area (Å²) in [6, 6.07) is 10.7. The van der Waals surface area contributed by atoms with Crippen molar-refractivity contribution >= 4 is 18.9 Å². The van der Waals surface area contributed by atoms with Crippen molar-refractivity contribution in [2.75, 3.05) is 6.61 Å². The highest BCUT2D eigenvalue weighted by molar-refractivity contribution is 6.47. The minimum absolute atomic E-state index is 0.00958. The first-order valence-corrected chi connectivity index (χ1v) is 11.6. The molecule has 2 aromatic carbocycles. The van der Waals surface area contributed by atoms with E-state index >= 15 is 0 Å². The van der Waals surface area contributed by atoms with Crippen molar-refractivity contribution in [2.45, 2.75) is 64.8 Å².